The van der Waals surface area contributed by atoms with Crippen molar-refractivity contribution in [2.75, 3.05) is 18.1 Å². The van der Waals surface area contributed by atoms with E-state index in [4.69, 9.17) is 18.6 Å². The molecule has 170 valence electrons. The van der Waals surface area contributed by atoms with Crippen LogP contribution in [0.15, 0.2) is 59.5 Å². The Bertz CT molecular complexity index is 1030. The topological polar surface area (TPSA) is 74.0 Å². The van der Waals surface area contributed by atoms with Gasteiger partial charge in [0.05, 0.1) is 31.5 Å². The number of oxazole rings is 1. The highest BCUT2D eigenvalue weighted by Gasteiger charge is 2.20. The number of anilines is 2. The summed E-state index contributed by atoms with van der Waals surface area (Å²) in [5, 5.41) is 0. The number of hydrogen-bond donors (Lipinski definition) is 0. The van der Waals surface area contributed by atoms with Crippen molar-refractivity contribution in [3.63, 3.8) is 0 Å². The fourth-order valence-corrected chi connectivity index (χ4v) is 3.15. The van der Waals surface area contributed by atoms with Crippen molar-refractivity contribution in [3.8, 4) is 11.5 Å². The molecule has 0 radical (unpaired) electrons. The summed E-state index contributed by atoms with van der Waals surface area (Å²) in [5.41, 5.74) is 1.55. The maximum Gasteiger partial charge on any atom is 0.338 e. The summed E-state index contributed by atoms with van der Waals surface area (Å²) in [6.07, 6.45) is 3.07. The lowest BCUT2D eigenvalue weighted by atomic mass is 10.1. The Hall–Kier alpha value is -3.48. The molecule has 32 heavy (non-hydrogen) atoms. The number of ether oxygens (including phenoxy) is 3. The highest BCUT2D eigenvalue weighted by atomic mass is 16.6. The molecule has 7 heteroatoms. The van der Waals surface area contributed by atoms with Crippen molar-refractivity contribution >= 4 is 17.3 Å². The number of benzene rings is 2. The van der Waals surface area contributed by atoms with Gasteiger partial charge in [-0.1, -0.05) is 6.07 Å². The van der Waals surface area contributed by atoms with Crippen molar-refractivity contribution in [2.24, 2.45) is 0 Å². The first kappa shape index (κ1) is 23.2. The van der Waals surface area contributed by atoms with Gasteiger partial charge in [0.1, 0.15) is 11.4 Å². The van der Waals surface area contributed by atoms with Crippen LogP contribution in [0.3, 0.4) is 0 Å². The zero-order valence-corrected chi connectivity index (χ0v) is 19.3. The van der Waals surface area contributed by atoms with E-state index in [9.17, 15) is 4.79 Å². The zero-order valence-electron chi connectivity index (χ0n) is 19.3. The first-order valence-corrected chi connectivity index (χ1v) is 10.7. The minimum atomic E-state index is -0.575. The third-order valence-electron chi connectivity index (χ3n) is 4.43. The molecule has 0 aliphatic heterocycles. The predicted octanol–water partition coefficient (Wildman–Crippen LogP) is 5.77. The van der Waals surface area contributed by atoms with Crippen LogP contribution in [0.4, 0.5) is 11.4 Å². The third-order valence-corrected chi connectivity index (χ3v) is 4.43. The van der Waals surface area contributed by atoms with Gasteiger partial charge in [-0.3, -0.25) is 0 Å². The Morgan fingerprint density at radius 2 is 1.72 bits per heavy atom. The van der Waals surface area contributed by atoms with Crippen LogP contribution in [-0.4, -0.2) is 29.8 Å². The van der Waals surface area contributed by atoms with Gasteiger partial charge in [0.25, 0.3) is 0 Å². The van der Waals surface area contributed by atoms with Gasteiger partial charge in [-0.25, -0.2) is 9.78 Å². The minimum absolute atomic E-state index is 0.374. The first-order valence-electron chi connectivity index (χ1n) is 10.7. The number of rotatable bonds is 9. The Morgan fingerprint density at radius 3 is 2.38 bits per heavy atom. The number of aromatic nitrogens is 1. The number of carbonyl (C=O) groups is 1. The van der Waals surface area contributed by atoms with E-state index in [1.165, 1.54) is 6.39 Å². The Kier molecular flexibility index (Phi) is 7.41. The Morgan fingerprint density at radius 1 is 1.00 bits per heavy atom. The van der Waals surface area contributed by atoms with Gasteiger partial charge in [-0.15, -0.1) is 0 Å². The lowest BCUT2D eigenvalue weighted by Gasteiger charge is -2.26. The molecule has 0 bridgehead atoms. The zero-order chi connectivity index (χ0) is 23.1. The molecule has 0 unspecified atom stereocenters. The summed E-state index contributed by atoms with van der Waals surface area (Å²) in [7, 11) is 0. The van der Waals surface area contributed by atoms with Gasteiger partial charge >= 0.3 is 5.97 Å². The van der Waals surface area contributed by atoms with Gasteiger partial charge < -0.3 is 23.5 Å². The van der Waals surface area contributed by atoms with E-state index in [0.717, 1.165) is 11.4 Å². The van der Waals surface area contributed by atoms with Crippen molar-refractivity contribution < 1.29 is 23.4 Å². The molecular weight excluding hydrogens is 408 g/mol. The maximum atomic E-state index is 12.6. The second kappa shape index (κ2) is 10.2. The molecule has 0 aliphatic rings. The summed E-state index contributed by atoms with van der Waals surface area (Å²) in [6, 6.07) is 13.1. The van der Waals surface area contributed by atoms with Gasteiger partial charge in [0.15, 0.2) is 17.9 Å². The SMILES string of the molecule is CCOc1ccc(N(Cc2cnco2)c2cccc(C(=O)OC(C)(C)C)c2)cc1OCC. The van der Waals surface area contributed by atoms with Crippen molar-refractivity contribution in [3.05, 3.63) is 66.4 Å². The Balaban J connectivity index is 2.01. The molecule has 3 rings (SSSR count). The highest BCUT2D eigenvalue weighted by Crippen LogP contribution is 2.36. The van der Waals surface area contributed by atoms with Crippen molar-refractivity contribution in [1.82, 2.24) is 4.98 Å². The standard InChI is InChI=1S/C25H30N2O5/c1-6-29-22-12-11-20(14-23(22)30-7-2)27(16-21-15-26-17-31-21)19-10-8-9-18(13-19)24(28)32-25(3,4)5/h8-15,17H,6-7,16H2,1-5H3. The van der Waals surface area contributed by atoms with E-state index >= 15 is 0 Å². The average Bonchev–Trinajstić information content (AvgIpc) is 3.26. The summed E-state index contributed by atoms with van der Waals surface area (Å²) >= 11 is 0. The second-order valence-electron chi connectivity index (χ2n) is 8.10. The van der Waals surface area contributed by atoms with E-state index in [1.54, 1.807) is 18.3 Å². The number of hydrogen-bond acceptors (Lipinski definition) is 7. The smallest absolute Gasteiger partial charge is 0.338 e. The minimum Gasteiger partial charge on any atom is -0.490 e. The lowest BCUT2D eigenvalue weighted by molar-refractivity contribution is 0.00695. The predicted molar refractivity (Wildman–Crippen MR) is 123 cm³/mol. The number of esters is 1. The average molecular weight is 439 g/mol. The van der Waals surface area contributed by atoms with Crippen LogP contribution in [0.2, 0.25) is 0 Å². The van der Waals surface area contributed by atoms with Gasteiger partial charge in [-0.2, -0.15) is 0 Å². The first-order chi connectivity index (χ1) is 15.3. The van der Waals surface area contributed by atoms with E-state index in [-0.39, 0.29) is 5.97 Å². The molecule has 1 aromatic heterocycles. The normalized spacial score (nSPS) is 11.2. The summed E-state index contributed by atoms with van der Waals surface area (Å²) in [4.78, 5) is 18.7. The molecule has 0 N–H and O–H groups in total. The molecule has 7 nitrogen and oxygen atoms in total. The maximum absolute atomic E-state index is 12.6. The summed E-state index contributed by atoms with van der Waals surface area (Å²) in [6.45, 7) is 10.9. The molecule has 0 aliphatic carbocycles. The molecule has 0 saturated heterocycles. The van der Waals surface area contributed by atoms with Crippen LogP contribution in [0, 0.1) is 0 Å². The fourth-order valence-electron chi connectivity index (χ4n) is 3.15. The van der Waals surface area contributed by atoms with E-state index < -0.39 is 5.60 Å². The van der Waals surface area contributed by atoms with Crippen LogP contribution in [0.1, 0.15) is 50.7 Å². The van der Waals surface area contributed by atoms with E-state index in [1.807, 2.05) is 69.9 Å². The molecule has 2 aromatic carbocycles. The van der Waals surface area contributed by atoms with Gasteiger partial charge in [-0.05, 0) is 65.0 Å². The summed E-state index contributed by atoms with van der Waals surface area (Å²) in [5.74, 6) is 1.64. The van der Waals surface area contributed by atoms with E-state index in [0.29, 0.717) is 42.6 Å². The van der Waals surface area contributed by atoms with E-state index in [2.05, 4.69) is 4.98 Å². The second-order valence-corrected chi connectivity index (χ2v) is 8.10. The number of nitrogens with zero attached hydrogens (tertiary/aromatic N) is 2. The van der Waals surface area contributed by atoms with Crippen molar-refractivity contribution in [1.29, 1.82) is 0 Å². The molecule has 0 spiro atoms. The molecule has 0 amide bonds. The van der Waals surface area contributed by atoms with Crippen LogP contribution in [-0.2, 0) is 11.3 Å². The van der Waals surface area contributed by atoms with Gasteiger partial charge in [0.2, 0.25) is 0 Å². The third kappa shape index (κ3) is 6.03. The van der Waals surface area contributed by atoms with Crippen LogP contribution in [0.25, 0.3) is 0 Å². The molecule has 0 fully saturated rings. The van der Waals surface area contributed by atoms with Crippen LogP contribution >= 0.6 is 0 Å². The highest BCUT2D eigenvalue weighted by molar-refractivity contribution is 5.91. The Labute approximate surface area is 188 Å². The largest absolute Gasteiger partial charge is 0.490 e. The monoisotopic (exact) mass is 438 g/mol. The van der Waals surface area contributed by atoms with Crippen LogP contribution in [0.5, 0.6) is 11.5 Å². The quantitative estimate of drug-likeness (QED) is 0.393. The molecule has 0 atom stereocenters. The molecular formula is C25H30N2O5. The van der Waals surface area contributed by atoms with Crippen molar-refractivity contribution in [2.45, 2.75) is 46.8 Å². The lowest BCUT2D eigenvalue weighted by Crippen LogP contribution is -2.24. The van der Waals surface area contributed by atoms with Gasteiger partial charge in [0, 0.05) is 17.4 Å². The molecule has 3 aromatic rings. The summed E-state index contributed by atoms with van der Waals surface area (Å²) < 4.78 is 22.5. The van der Waals surface area contributed by atoms with Crippen LogP contribution < -0.4 is 14.4 Å². The fraction of sp³-hybridized carbons (Fsp3) is 0.360. The number of carbonyl (C=O) groups excluding carboxylic acids is 1. The molecule has 1 heterocycles. The molecule has 0 saturated carbocycles.